The number of rotatable bonds is 2. The fraction of sp³-hybridized carbons (Fsp3) is 0.286. The van der Waals surface area contributed by atoms with E-state index in [1.54, 1.807) is 0 Å². The second kappa shape index (κ2) is 6.57. The van der Waals surface area contributed by atoms with Crippen LogP contribution >= 0.6 is 11.6 Å². The summed E-state index contributed by atoms with van der Waals surface area (Å²) in [6.07, 6.45) is 4.07. The molecular formula is C21H21ClN2O. The molecule has 3 nitrogen and oxygen atoms in total. The average molecular weight is 353 g/mol. The summed E-state index contributed by atoms with van der Waals surface area (Å²) in [6, 6.07) is 13.8. The van der Waals surface area contributed by atoms with Crippen molar-refractivity contribution < 1.29 is 4.79 Å². The van der Waals surface area contributed by atoms with Gasteiger partial charge in [-0.05, 0) is 61.6 Å². The molecule has 0 spiro atoms. The Kier molecular flexibility index (Phi) is 4.26. The monoisotopic (exact) mass is 352 g/mol. The van der Waals surface area contributed by atoms with Gasteiger partial charge in [0.15, 0.2) is 0 Å². The number of halogens is 1. The maximum Gasteiger partial charge on any atom is 0.253 e. The number of nitrogens with zero attached hydrogens (tertiary/aromatic N) is 1. The minimum absolute atomic E-state index is 0.139. The Bertz CT molecular complexity index is 905. The molecule has 0 bridgehead atoms. The van der Waals surface area contributed by atoms with Gasteiger partial charge in [0, 0.05) is 40.8 Å². The maximum atomic E-state index is 12.7. The molecule has 1 N–H and O–H groups in total. The number of hydrogen-bond acceptors (Lipinski definition) is 1. The van der Waals surface area contributed by atoms with Gasteiger partial charge in [0.05, 0.1) is 0 Å². The van der Waals surface area contributed by atoms with Crippen molar-refractivity contribution >= 4 is 28.4 Å². The highest BCUT2D eigenvalue weighted by molar-refractivity contribution is 6.31. The van der Waals surface area contributed by atoms with E-state index in [-0.39, 0.29) is 5.91 Å². The summed E-state index contributed by atoms with van der Waals surface area (Å²) in [7, 11) is 0. The molecule has 1 aromatic heterocycles. The minimum Gasteiger partial charge on any atom is -0.361 e. The van der Waals surface area contributed by atoms with Crippen LogP contribution in [0.25, 0.3) is 10.9 Å². The van der Waals surface area contributed by atoms with E-state index in [0.717, 1.165) is 42.0 Å². The molecule has 25 heavy (non-hydrogen) atoms. The number of hydrogen-bond donors (Lipinski definition) is 1. The largest absolute Gasteiger partial charge is 0.361 e. The normalized spacial score (nSPS) is 15.7. The fourth-order valence-electron chi connectivity index (χ4n) is 3.72. The number of carbonyl (C=O) groups excluding carboxylic acids is 1. The standard InChI is InChI=1S/C21H21ClN2O/c1-14-2-4-16(5-3-14)21(25)24-10-8-15(9-11-24)19-13-23-20-7-6-17(22)12-18(19)20/h2-7,12-13,15,23H,8-11H2,1H3. The Labute approximate surface area is 152 Å². The van der Waals surface area contributed by atoms with Gasteiger partial charge in [-0.25, -0.2) is 0 Å². The number of carbonyl (C=O) groups is 1. The molecule has 128 valence electrons. The number of likely N-dealkylation sites (tertiary alicyclic amines) is 1. The smallest absolute Gasteiger partial charge is 0.253 e. The number of aromatic nitrogens is 1. The van der Waals surface area contributed by atoms with Crippen molar-refractivity contribution in [1.82, 2.24) is 9.88 Å². The minimum atomic E-state index is 0.139. The van der Waals surface area contributed by atoms with Crippen LogP contribution in [0.1, 0.15) is 40.2 Å². The summed E-state index contributed by atoms with van der Waals surface area (Å²) in [5.41, 5.74) is 4.40. The third-order valence-electron chi connectivity index (χ3n) is 5.20. The van der Waals surface area contributed by atoms with Crippen LogP contribution in [0.3, 0.4) is 0 Å². The van der Waals surface area contributed by atoms with Crippen molar-refractivity contribution in [2.45, 2.75) is 25.7 Å². The molecule has 1 fully saturated rings. The highest BCUT2D eigenvalue weighted by atomic mass is 35.5. The van der Waals surface area contributed by atoms with E-state index in [0.29, 0.717) is 5.92 Å². The lowest BCUT2D eigenvalue weighted by Crippen LogP contribution is -2.37. The molecule has 2 heterocycles. The number of H-pyrrole nitrogens is 1. The predicted octanol–water partition coefficient (Wildman–Crippen LogP) is 5.15. The molecule has 1 aliphatic rings. The van der Waals surface area contributed by atoms with Crippen molar-refractivity contribution in [3.63, 3.8) is 0 Å². The van der Waals surface area contributed by atoms with Gasteiger partial charge in [-0.1, -0.05) is 29.3 Å². The summed E-state index contributed by atoms with van der Waals surface area (Å²) in [5, 5.41) is 1.97. The Morgan fingerprint density at radius 2 is 1.84 bits per heavy atom. The number of piperidine rings is 1. The Hall–Kier alpha value is -2.26. The lowest BCUT2D eigenvalue weighted by atomic mass is 9.89. The second-order valence-electron chi connectivity index (χ2n) is 6.87. The molecule has 0 aliphatic carbocycles. The van der Waals surface area contributed by atoms with Gasteiger partial charge in [0.25, 0.3) is 5.91 Å². The van der Waals surface area contributed by atoms with Crippen LogP contribution in [0.4, 0.5) is 0 Å². The van der Waals surface area contributed by atoms with Gasteiger partial charge >= 0.3 is 0 Å². The number of aromatic amines is 1. The van der Waals surface area contributed by atoms with Crippen LogP contribution in [-0.4, -0.2) is 28.9 Å². The molecule has 0 atom stereocenters. The second-order valence-corrected chi connectivity index (χ2v) is 7.30. The first kappa shape index (κ1) is 16.2. The fourth-order valence-corrected chi connectivity index (χ4v) is 3.90. The average Bonchev–Trinajstić information content (AvgIpc) is 3.05. The first-order valence-electron chi connectivity index (χ1n) is 8.74. The molecule has 4 rings (SSSR count). The number of fused-ring (bicyclic) bond motifs is 1. The van der Waals surface area contributed by atoms with Crippen molar-refractivity contribution in [1.29, 1.82) is 0 Å². The summed E-state index contributed by atoms with van der Waals surface area (Å²) >= 11 is 6.16. The SMILES string of the molecule is Cc1ccc(C(=O)N2CCC(c3c[nH]c4ccc(Cl)cc34)CC2)cc1. The Morgan fingerprint density at radius 3 is 2.56 bits per heavy atom. The van der Waals surface area contributed by atoms with Gasteiger partial charge < -0.3 is 9.88 Å². The van der Waals surface area contributed by atoms with Gasteiger partial charge in [0.1, 0.15) is 0 Å². The molecule has 1 aliphatic heterocycles. The van der Waals surface area contributed by atoms with E-state index in [4.69, 9.17) is 11.6 Å². The zero-order chi connectivity index (χ0) is 17.4. The third-order valence-corrected chi connectivity index (χ3v) is 5.43. The molecule has 2 aromatic carbocycles. The molecule has 0 saturated carbocycles. The number of aryl methyl sites for hydroxylation is 1. The Balaban J connectivity index is 1.48. The summed E-state index contributed by atoms with van der Waals surface area (Å²) in [5.74, 6) is 0.606. The Morgan fingerprint density at radius 1 is 1.12 bits per heavy atom. The van der Waals surface area contributed by atoms with Crippen LogP contribution in [0.15, 0.2) is 48.7 Å². The van der Waals surface area contributed by atoms with Crippen molar-refractivity contribution in [3.8, 4) is 0 Å². The lowest BCUT2D eigenvalue weighted by molar-refractivity contribution is 0.0713. The van der Waals surface area contributed by atoms with E-state index in [9.17, 15) is 4.79 Å². The molecule has 0 unspecified atom stereocenters. The molecule has 0 radical (unpaired) electrons. The van der Waals surface area contributed by atoms with E-state index >= 15 is 0 Å². The maximum absolute atomic E-state index is 12.7. The van der Waals surface area contributed by atoms with Crippen LogP contribution in [0.2, 0.25) is 5.02 Å². The number of amides is 1. The predicted molar refractivity (Wildman–Crippen MR) is 102 cm³/mol. The first-order valence-corrected chi connectivity index (χ1v) is 9.12. The van der Waals surface area contributed by atoms with Gasteiger partial charge in [0.2, 0.25) is 0 Å². The van der Waals surface area contributed by atoms with Crippen LogP contribution < -0.4 is 0 Å². The quantitative estimate of drug-likeness (QED) is 0.680. The van der Waals surface area contributed by atoms with E-state index in [2.05, 4.69) is 11.2 Å². The zero-order valence-corrected chi connectivity index (χ0v) is 15.0. The van der Waals surface area contributed by atoms with Crippen LogP contribution in [0.5, 0.6) is 0 Å². The first-order chi connectivity index (χ1) is 12.1. The number of nitrogens with one attached hydrogen (secondary N) is 1. The van der Waals surface area contributed by atoms with Crippen molar-refractivity contribution in [2.24, 2.45) is 0 Å². The molecular weight excluding hydrogens is 332 g/mol. The number of benzene rings is 2. The van der Waals surface area contributed by atoms with E-state index in [1.807, 2.05) is 54.3 Å². The van der Waals surface area contributed by atoms with E-state index in [1.165, 1.54) is 16.5 Å². The molecule has 1 saturated heterocycles. The summed E-state index contributed by atoms with van der Waals surface area (Å²) in [4.78, 5) is 18.0. The highest BCUT2D eigenvalue weighted by Gasteiger charge is 2.26. The highest BCUT2D eigenvalue weighted by Crippen LogP contribution is 2.34. The van der Waals surface area contributed by atoms with Crippen LogP contribution in [-0.2, 0) is 0 Å². The zero-order valence-electron chi connectivity index (χ0n) is 14.3. The van der Waals surface area contributed by atoms with Crippen molar-refractivity contribution in [2.75, 3.05) is 13.1 Å². The topological polar surface area (TPSA) is 36.1 Å². The van der Waals surface area contributed by atoms with E-state index < -0.39 is 0 Å². The van der Waals surface area contributed by atoms with Crippen LogP contribution in [0, 0.1) is 6.92 Å². The lowest BCUT2D eigenvalue weighted by Gasteiger charge is -2.32. The van der Waals surface area contributed by atoms with Gasteiger partial charge in [-0.3, -0.25) is 4.79 Å². The van der Waals surface area contributed by atoms with Gasteiger partial charge in [-0.2, -0.15) is 0 Å². The van der Waals surface area contributed by atoms with Gasteiger partial charge in [-0.15, -0.1) is 0 Å². The summed E-state index contributed by atoms with van der Waals surface area (Å²) in [6.45, 7) is 3.63. The third kappa shape index (κ3) is 3.16. The molecule has 4 heteroatoms. The molecule has 3 aromatic rings. The summed E-state index contributed by atoms with van der Waals surface area (Å²) < 4.78 is 0. The molecule has 1 amide bonds. The van der Waals surface area contributed by atoms with Crippen molar-refractivity contribution in [3.05, 3.63) is 70.4 Å².